The summed E-state index contributed by atoms with van der Waals surface area (Å²) in [6.45, 7) is 7.00. The van der Waals surface area contributed by atoms with E-state index in [9.17, 15) is 14.7 Å². The molecule has 1 aliphatic rings. The van der Waals surface area contributed by atoms with Gasteiger partial charge in [-0.3, -0.25) is 4.79 Å². The lowest BCUT2D eigenvalue weighted by Crippen LogP contribution is -2.53. The number of amides is 2. The van der Waals surface area contributed by atoms with Crippen molar-refractivity contribution in [1.29, 1.82) is 0 Å². The van der Waals surface area contributed by atoms with Crippen LogP contribution in [0.15, 0.2) is 0 Å². The normalized spacial score (nSPS) is 24.2. The van der Waals surface area contributed by atoms with Crippen molar-refractivity contribution in [2.24, 2.45) is 5.41 Å². The van der Waals surface area contributed by atoms with Crippen LogP contribution in [0.1, 0.15) is 59.3 Å². The first-order valence-electron chi connectivity index (χ1n) is 7.74. The van der Waals surface area contributed by atoms with Gasteiger partial charge in [-0.25, -0.2) is 4.79 Å². The van der Waals surface area contributed by atoms with Gasteiger partial charge in [-0.15, -0.1) is 0 Å². The number of likely N-dealkylation sites (tertiary alicyclic amines) is 1. The van der Waals surface area contributed by atoms with Crippen molar-refractivity contribution in [2.75, 3.05) is 13.1 Å². The van der Waals surface area contributed by atoms with Crippen LogP contribution in [0.3, 0.4) is 0 Å². The molecule has 1 fully saturated rings. The molecule has 1 heterocycles. The van der Waals surface area contributed by atoms with E-state index in [1.807, 2.05) is 13.8 Å². The fraction of sp³-hybridized carbons (Fsp3) is 0.867. The van der Waals surface area contributed by atoms with E-state index < -0.39 is 11.4 Å². The highest BCUT2D eigenvalue weighted by atomic mass is 16.4. The highest BCUT2D eigenvalue weighted by molar-refractivity contribution is 5.78. The molecule has 1 aliphatic heterocycles. The fourth-order valence-electron chi connectivity index (χ4n) is 2.80. The molecule has 0 spiro atoms. The molecule has 2 atom stereocenters. The minimum absolute atomic E-state index is 0.118. The Balaban J connectivity index is 2.58. The Kier molecular flexibility index (Phi) is 6.30. The smallest absolute Gasteiger partial charge is 0.317 e. The van der Waals surface area contributed by atoms with Crippen molar-refractivity contribution >= 4 is 12.0 Å². The third-order valence-corrected chi connectivity index (χ3v) is 4.36. The van der Waals surface area contributed by atoms with Gasteiger partial charge >= 0.3 is 12.0 Å². The number of urea groups is 1. The second-order valence-electron chi connectivity index (χ2n) is 5.96. The van der Waals surface area contributed by atoms with E-state index in [0.717, 1.165) is 25.7 Å². The highest BCUT2D eigenvalue weighted by Gasteiger charge is 2.42. The second kappa shape index (κ2) is 7.50. The summed E-state index contributed by atoms with van der Waals surface area (Å²) in [5.41, 5.74) is -0.762. The number of carboxylic acids is 1. The Labute approximate surface area is 121 Å². The summed E-state index contributed by atoms with van der Waals surface area (Å²) in [6.07, 6.45) is 5.16. The largest absolute Gasteiger partial charge is 0.481 e. The molecule has 1 saturated heterocycles. The van der Waals surface area contributed by atoms with Crippen LogP contribution in [0.5, 0.6) is 0 Å². The molecular weight excluding hydrogens is 256 g/mol. The second-order valence-corrected chi connectivity index (χ2v) is 5.96. The minimum Gasteiger partial charge on any atom is -0.481 e. The van der Waals surface area contributed by atoms with Gasteiger partial charge in [-0.05, 0) is 32.6 Å². The maximum Gasteiger partial charge on any atom is 0.317 e. The van der Waals surface area contributed by atoms with Gasteiger partial charge in [0.2, 0.25) is 0 Å². The number of hydrogen-bond donors (Lipinski definition) is 2. The van der Waals surface area contributed by atoms with Crippen molar-refractivity contribution in [1.82, 2.24) is 10.2 Å². The van der Waals surface area contributed by atoms with E-state index >= 15 is 0 Å². The van der Waals surface area contributed by atoms with E-state index in [0.29, 0.717) is 25.9 Å². The Bertz CT molecular complexity index is 346. The first-order chi connectivity index (χ1) is 9.45. The third-order valence-electron chi connectivity index (χ3n) is 4.36. The molecule has 1 rings (SSSR count). The average molecular weight is 284 g/mol. The van der Waals surface area contributed by atoms with E-state index in [1.54, 1.807) is 4.90 Å². The third kappa shape index (κ3) is 4.12. The molecule has 0 aromatic heterocycles. The highest BCUT2D eigenvalue weighted by Crippen LogP contribution is 2.33. The van der Waals surface area contributed by atoms with Gasteiger partial charge in [0.05, 0.1) is 5.41 Å². The van der Waals surface area contributed by atoms with Gasteiger partial charge in [-0.1, -0.05) is 26.7 Å². The minimum atomic E-state index is -0.781. The molecule has 5 heteroatoms. The van der Waals surface area contributed by atoms with Gasteiger partial charge in [-0.2, -0.15) is 0 Å². The lowest BCUT2D eigenvalue weighted by molar-refractivity contribution is -0.152. The summed E-state index contributed by atoms with van der Waals surface area (Å²) in [6, 6.07) is 0.0256. The van der Waals surface area contributed by atoms with Crippen LogP contribution in [-0.4, -0.2) is 41.1 Å². The predicted octanol–water partition coefficient (Wildman–Crippen LogP) is 2.85. The van der Waals surface area contributed by atoms with E-state index in [1.165, 1.54) is 0 Å². The van der Waals surface area contributed by atoms with Crippen LogP contribution in [0.4, 0.5) is 4.79 Å². The Hall–Kier alpha value is -1.26. The van der Waals surface area contributed by atoms with Crippen LogP contribution in [0.25, 0.3) is 0 Å². The summed E-state index contributed by atoms with van der Waals surface area (Å²) in [4.78, 5) is 25.4. The molecule has 0 bridgehead atoms. The van der Waals surface area contributed by atoms with Crippen LogP contribution in [0, 0.1) is 5.41 Å². The summed E-state index contributed by atoms with van der Waals surface area (Å²) in [5.74, 6) is -0.781. The number of carboxylic acid groups (broad SMARTS) is 1. The maximum atomic E-state index is 12.2. The number of unbranched alkanes of at least 4 members (excludes halogenated alkanes) is 1. The monoisotopic (exact) mass is 284 g/mol. The zero-order valence-electron chi connectivity index (χ0n) is 12.9. The van der Waals surface area contributed by atoms with Crippen LogP contribution >= 0.6 is 0 Å². The maximum absolute atomic E-state index is 12.2. The van der Waals surface area contributed by atoms with E-state index in [2.05, 4.69) is 12.2 Å². The quantitative estimate of drug-likeness (QED) is 0.788. The van der Waals surface area contributed by atoms with Crippen LogP contribution in [-0.2, 0) is 4.79 Å². The fourth-order valence-corrected chi connectivity index (χ4v) is 2.80. The van der Waals surface area contributed by atoms with Crippen LogP contribution in [0.2, 0.25) is 0 Å². The van der Waals surface area contributed by atoms with Crippen molar-refractivity contribution in [3.63, 3.8) is 0 Å². The number of nitrogens with one attached hydrogen (secondary N) is 1. The summed E-state index contributed by atoms with van der Waals surface area (Å²) >= 11 is 0. The zero-order chi connectivity index (χ0) is 15.2. The SMILES string of the molecule is CCCCC(C)NC(=O)N1CCCC(CC)(C(=O)O)C1. The number of hydrogen-bond acceptors (Lipinski definition) is 2. The van der Waals surface area contributed by atoms with Gasteiger partial charge in [0.1, 0.15) is 0 Å². The number of piperidine rings is 1. The molecule has 2 amide bonds. The first kappa shape index (κ1) is 16.8. The number of aliphatic carboxylic acids is 1. The molecule has 20 heavy (non-hydrogen) atoms. The lowest BCUT2D eigenvalue weighted by Gasteiger charge is -2.39. The molecular formula is C15H28N2O3. The number of rotatable bonds is 6. The molecule has 2 N–H and O–H groups in total. The summed E-state index contributed by atoms with van der Waals surface area (Å²) in [7, 11) is 0. The van der Waals surface area contributed by atoms with E-state index in [4.69, 9.17) is 0 Å². The van der Waals surface area contributed by atoms with Gasteiger partial charge in [0.15, 0.2) is 0 Å². The topological polar surface area (TPSA) is 69.6 Å². The average Bonchev–Trinajstić information content (AvgIpc) is 2.44. The van der Waals surface area contributed by atoms with Crippen molar-refractivity contribution < 1.29 is 14.7 Å². The number of carbonyl (C=O) groups is 2. The zero-order valence-corrected chi connectivity index (χ0v) is 12.9. The molecule has 0 aliphatic carbocycles. The molecule has 0 aromatic rings. The molecule has 5 nitrogen and oxygen atoms in total. The van der Waals surface area contributed by atoms with Gasteiger partial charge in [0, 0.05) is 19.1 Å². The molecule has 116 valence electrons. The van der Waals surface area contributed by atoms with Crippen molar-refractivity contribution in [3.8, 4) is 0 Å². The van der Waals surface area contributed by atoms with Crippen molar-refractivity contribution in [3.05, 3.63) is 0 Å². The predicted molar refractivity (Wildman–Crippen MR) is 78.7 cm³/mol. The number of nitrogens with zero attached hydrogens (tertiary/aromatic N) is 1. The van der Waals surface area contributed by atoms with Crippen molar-refractivity contribution in [2.45, 2.75) is 65.3 Å². The Morgan fingerprint density at radius 1 is 1.40 bits per heavy atom. The summed E-state index contributed by atoms with van der Waals surface area (Å²) < 4.78 is 0. The molecule has 0 aromatic carbocycles. The molecule has 2 unspecified atom stereocenters. The van der Waals surface area contributed by atoms with Gasteiger partial charge in [0.25, 0.3) is 0 Å². The van der Waals surface area contributed by atoms with Crippen LogP contribution < -0.4 is 5.32 Å². The molecule has 0 saturated carbocycles. The number of carbonyl (C=O) groups excluding carboxylic acids is 1. The van der Waals surface area contributed by atoms with Gasteiger partial charge < -0.3 is 15.3 Å². The Morgan fingerprint density at radius 3 is 2.65 bits per heavy atom. The van der Waals surface area contributed by atoms with E-state index in [-0.39, 0.29) is 12.1 Å². The first-order valence-corrected chi connectivity index (χ1v) is 7.74. The standard InChI is InChI=1S/C15H28N2O3/c1-4-6-8-12(3)16-14(20)17-10-7-9-15(5-2,11-17)13(18)19/h12H,4-11H2,1-3H3,(H,16,20)(H,18,19). The summed E-state index contributed by atoms with van der Waals surface area (Å²) in [5, 5.41) is 12.4. The lowest BCUT2D eigenvalue weighted by atomic mass is 9.78. The Morgan fingerprint density at radius 2 is 2.10 bits per heavy atom. The molecule has 0 radical (unpaired) electrons.